The molecule has 0 bridgehead atoms. The van der Waals surface area contributed by atoms with E-state index in [1.165, 1.54) is 21.8 Å². The van der Waals surface area contributed by atoms with E-state index in [2.05, 4.69) is 18.4 Å². The molecule has 0 aromatic carbocycles. The third-order valence-electron chi connectivity index (χ3n) is 3.21. The number of aromatic nitrogens is 1. The smallest absolute Gasteiger partial charge is 0.185 e. The predicted octanol–water partition coefficient (Wildman–Crippen LogP) is 2.09. The lowest BCUT2D eigenvalue weighted by atomic mass is 9.98. The summed E-state index contributed by atoms with van der Waals surface area (Å²) in [6.07, 6.45) is 5.60. The van der Waals surface area contributed by atoms with Gasteiger partial charge in [0.1, 0.15) is 0 Å². The average Bonchev–Trinajstić information content (AvgIpc) is 2.64. The number of fused-ring (bicyclic) bond motifs is 1. The fourth-order valence-electron chi connectivity index (χ4n) is 2.37. The van der Waals surface area contributed by atoms with Gasteiger partial charge < -0.3 is 10.3 Å². The molecule has 3 nitrogen and oxygen atoms in total. The van der Waals surface area contributed by atoms with Crippen LogP contribution in [0.2, 0.25) is 0 Å². The summed E-state index contributed by atoms with van der Waals surface area (Å²) in [5.41, 5.74) is 7.56. The Balaban J connectivity index is 2.38. The maximum atomic E-state index is 6.05. The van der Waals surface area contributed by atoms with E-state index in [0.717, 1.165) is 38.8 Å². The van der Waals surface area contributed by atoms with E-state index in [-0.39, 0.29) is 0 Å². The van der Waals surface area contributed by atoms with Crippen LogP contribution in [0.4, 0.5) is 0 Å². The van der Waals surface area contributed by atoms with Crippen molar-refractivity contribution in [2.75, 3.05) is 6.54 Å². The van der Waals surface area contributed by atoms with E-state index in [1.54, 1.807) is 0 Å². The molecule has 1 aliphatic rings. The Morgan fingerprint density at radius 3 is 2.94 bits per heavy atom. The number of rotatable bonds is 4. The molecule has 1 heterocycles. The van der Waals surface area contributed by atoms with Gasteiger partial charge >= 0.3 is 0 Å². The summed E-state index contributed by atoms with van der Waals surface area (Å²) in [6.45, 7) is 6.45. The van der Waals surface area contributed by atoms with Crippen molar-refractivity contribution in [2.24, 2.45) is 10.7 Å². The third kappa shape index (κ3) is 2.80. The van der Waals surface area contributed by atoms with Gasteiger partial charge in [-0.15, -0.1) is 11.3 Å². The minimum atomic E-state index is 0.357. The van der Waals surface area contributed by atoms with Crippen LogP contribution in [0.5, 0.6) is 0 Å². The second-order valence-corrected chi connectivity index (χ2v) is 5.85. The first-order chi connectivity index (χ1) is 8.26. The molecule has 0 radical (unpaired) electrons. The van der Waals surface area contributed by atoms with Crippen LogP contribution in [-0.4, -0.2) is 17.2 Å². The van der Waals surface area contributed by atoms with Gasteiger partial charge in [-0.25, -0.2) is 0 Å². The topological polar surface area (TPSA) is 43.3 Å². The molecule has 17 heavy (non-hydrogen) atoms. The highest BCUT2D eigenvalue weighted by atomic mass is 32.1. The molecule has 0 spiro atoms. The summed E-state index contributed by atoms with van der Waals surface area (Å²) in [6, 6.07) is 0.357. The van der Waals surface area contributed by atoms with Crippen LogP contribution in [0, 0.1) is 0 Å². The lowest BCUT2D eigenvalue weighted by molar-refractivity contribution is 0.535. The molecule has 1 aliphatic carbocycles. The van der Waals surface area contributed by atoms with Gasteiger partial charge in [0, 0.05) is 29.7 Å². The van der Waals surface area contributed by atoms with Crippen LogP contribution >= 0.6 is 11.3 Å². The van der Waals surface area contributed by atoms with Crippen LogP contribution in [0.3, 0.4) is 0 Å². The van der Waals surface area contributed by atoms with Gasteiger partial charge in [0.2, 0.25) is 0 Å². The van der Waals surface area contributed by atoms with Crippen molar-refractivity contribution in [2.45, 2.75) is 58.5 Å². The van der Waals surface area contributed by atoms with Crippen LogP contribution in [0.25, 0.3) is 0 Å². The zero-order valence-corrected chi connectivity index (χ0v) is 11.7. The van der Waals surface area contributed by atoms with Crippen molar-refractivity contribution in [1.82, 2.24) is 4.57 Å². The van der Waals surface area contributed by atoms with Crippen molar-refractivity contribution in [1.29, 1.82) is 0 Å². The van der Waals surface area contributed by atoms with Gasteiger partial charge in [-0.05, 0) is 32.1 Å². The van der Waals surface area contributed by atoms with Crippen LogP contribution in [0.15, 0.2) is 4.99 Å². The van der Waals surface area contributed by atoms with Crippen molar-refractivity contribution < 1.29 is 0 Å². The van der Waals surface area contributed by atoms with Crippen molar-refractivity contribution >= 4 is 11.3 Å². The Kier molecular flexibility index (Phi) is 4.40. The van der Waals surface area contributed by atoms with Gasteiger partial charge in [-0.2, -0.15) is 0 Å². The molecular weight excluding hydrogens is 230 g/mol. The van der Waals surface area contributed by atoms with Crippen LogP contribution in [0.1, 0.15) is 43.7 Å². The zero-order valence-electron chi connectivity index (χ0n) is 10.9. The van der Waals surface area contributed by atoms with Gasteiger partial charge in [0.25, 0.3) is 0 Å². The molecule has 2 rings (SSSR count). The number of nitrogens with two attached hydrogens (primary N) is 1. The highest BCUT2D eigenvalue weighted by molar-refractivity contribution is 7.09. The molecule has 0 unspecified atom stereocenters. The molecule has 1 aromatic rings. The normalized spacial score (nSPS) is 20.6. The van der Waals surface area contributed by atoms with E-state index < -0.39 is 0 Å². The number of nitrogens with zero attached hydrogens (tertiary/aromatic N) is 2. The zero-order chi connectivity index (χ0) is 12.3. The van der Waals surface area contributed by atoms with Gasteiger partial charge in [0.15, 0.2) is 4.80 Å². The standard InChI is InChI=1S/C13H23N3S/c1-3-7-15-13-16(8-4-2)11-6-5-10(14)9-12(11)17-13/h10H,3-9,14H2,1-2H3/t10-/m0/s1. The first-order valence-corrected chi connectivity index (χ1v) is 7.55. The number of hydrogen-bond donors (Lipinski definition) is 1. The third-order valence-corrected chi connectivity index (χ3v) is 4.39. The largest absolute Gasteiger partial charge is 0.327 e. The molecule has 0 saturated heterocycles. The quantitative estimate of drug-likeness (QED) is 0.877. The Bertz CT molecular complexity index is 430. The molecule has 1 atom stereocenters. The van der Waals surface area contributed by atoms with Crippen LogP contribution < -0.4 is 10.5 Å². The second-order valence-electron chi connectivity index (χ2n) is 4.79. The first-order valence-electron chi connectivity index (χ1n) is 6.73. The summed E-state index contributed by atoms with van der Waals surface area (Å²) < 4.78 is 2.43. The van der Waals surface area contributed by atoms with Gasteiger partial charge in [-0.3, -0.25) is 4.99 Å². The molecule has 2 N–H and O–H groups in total. The highest BCUT2D eigenvalue weighted by Gasteiger charge is 2.20. The fourth-order valence-corrected chi connectivity index (χ4v) is 3.68. The summed E-state index contributed by atoms with van der Waals surface area (Å²) >= 11 is 1.86. The summed E-state index contributed by atoms with van der Waals surface area (Å²) in [5, 5.41) is 0. The minimum absolute atomic E-state index is 0.357. The number of thiazole rings is 1. The minimum Gasteiger partial charge on any atom is -0.327 e. The summed E-state index contributed by atoms with van der Waals surface area (Å²) in [5.74, 6) is 0. The number of hydrogen-bond acceptors (Lipinski definition) is 3. The summed E-state index contributed by atoms with van der Waals surface area (Å²) in [7, 11) is 0. The molecule has 0 aliphatic heterocycles. The predicted molar refractivity (Wildman–Crippen MR) is 73.3 cm³/mol. The first kappa shape index (κ1) is 12.8. The lowest BCUT2D eigenvalue weighted by Gasteiger charge is -2.19. The van der Waals surface area contributed by atoms with Gasteiger partial charge in [0.05, 0.1) is 0 Å². The Hall–Kier alpha value is -0.610. The SMILES string of the molecule is CCCN=c1sc2c(n1CCC)CC[C@H](N)C2. The molecule has 0 saturated carbocycles. The van der Waals surface area contributed by atoms with Crippen LogP contribution in [-0.2, 0) is 19.4 Å². The highest BCUT2D eigenvalue weighted by Crippen LogP contribution is 2.23. The maximum Gasteiger partial charge on any atom is 0.185 e. The fraction of sp³-hybridized carbons (Fsp3) is 0.769. The maximum absolute atomic E-state index is 6.05. The van der Waals surface area contributed by atoms with Crippen molar-refractivity contribution in [3.05, 3.63) is 15.4 Å². The lowest BCUT2D eigenvalue weighted by Crippen LogP contribution is -2.28. The van der Waals surface area contributed by atoms with E-state index in [9.17, 15) is 0 Å². The Labute approximate surface area is 107 Å². The Morgan fingerprint density at radius 1 is 1.41 bits per heavy atom. The molecule has 4 heteroatoms. The molecule has 0 amide bonds. The van der Waals surface area contributed by atoms with Gasteiger partial charge in [-0.1, -0.05) is 13.8 Å². The van der Waals surface area contributed by atoms with Crippen molar-refractivity contribution in [3.8, 4) is 0 Å². The van der Waals surface area contributed by atoms with E-state index in [4.69, 9.17) is 10.7 Å². The second kappa shape index (κ2) is 5.83. The molecule has 0 fully saturated rings. The summed E-state index contributed by atoms with van der Waals surface area (Å²) in [4.78, 5) is 7.41. The van der Waals surface area contributed by atoms with E-state index in [1.807, 2.05) is 11.3 Å². The Morgan fingerprint density at radius 2 is 2.24 bits per heavy atom. The monoisotopic (exact) mass is 253 g/mol. The molecular formula is C13H23N3S. The van der Waals surface area contributed by atoms with Crippen molar-refractivity contribution in [3.63, 3.8) is 0 Å². The van der Waals surface area contributed by atoms with E-state index in [0.29, 0.717) is 6.04 Å². The molecule has 1 aromatic heterocycles. The molecule has 96 valence electrons. The average molecular weight is 253 g/mol. The van der Waals surface area contributed by atoms with E-state index >= 15 is 0 Å².